The van der Waals surface area contributed by atoms with Crippen LogP contribution in [-0.4, -0.2) is 40.7 Å². The zero-order valence-corrected chi connectivity index (χ0v) is 8.42. The Hall–Kier alpha value is 0.130. The van der Waals surface area contributed by atoms with Gasteiger partial charge in [0.2, 0.25) is 0 Å². The Bertz CT molecular complexity index is 93.4. The van der Waals surface area contributed by atoms with E-state index in [0.717, 1.165) is 6.42 Å². The fourth-order valence-electron chi connectivity index (χ4n) is 0.960. The number of halogens is 1. The van der Waals surface area contributed by atoms with Gasteiger partial charge in [-0.2, -0.15) is 0 Å². The van der Waals surface area contributed by atoms with Crippen LogP contribution in [0.4, 0.5) is 0 Å². The van der Waals surface area contributed by atoms with Crippen LogP contribution in [0.3, 0.4) is 0 Å². The molecule has 0 aromatic heterocycles. The van der Waals surface area contributed by atoms with E-state index in [4.69, 9.17) is 15.9 Å². The number of hydrogen-bond acceptors (Lipinski definition) is 4. The van der Waals surface area contributed by atoms with Gasteiger partial charge in [-0.25, -0.2) is 0 Å². The summed E-state index contributed by atoms with van der Waals surface area (Å²) in [5.41, 5.74) is 5.29. The monoisotopic (exact) mass is 198 g/mol. The van der Waals surface area contributed by atoms with Crippen molar-refractivity contribution in [2.45, 2.75) is 32.7 Å². The third-order valence-electron chi connectivity index (χ3n) is 1.58. The Labute approximate surface area is 79.8 Å². The van der Waals surface area contributed by atoms with E-state index in [1.807, 2.05) is 0 Å². The lowest BCUT2D eigenvalue weighted by molar-refractivity contribution is -0.0838. The second-order valence-corrected chi connectivity index (χ2v) is 2.64. The van der Waals surface area contributed by atoms with E-state index in [9.17, 15) is 0 Å². The first-order chi connectivity index (χ1) is 5.09. The highest BCUT2D eigenvalue weighted by atomic mass is 35.5. The number of rotatable bonds is 5. The summed E-state index contributed by atoms with van der Waals surface area (Å²) in [7, 11) is 0. The smallest absolute Gasteiger partial charge is 0.106 e. The van der Waals surface area contributed by atoms with Gasteiger partial charge in [-0.15, -0.1) is 12.4 Å². The van der Waals surface area contributed by atoms with Crippen LogP contribution in [0.25, 0.3) is 0 Å². The molecule has 0 spiro atoms. The van der Waals surface area contributed by atoms with Crippen LogP contribution in [-0.2, 0) is 0 Å². The SMILES string of the molecule is CC(O)N(CCCN)C(C)O.Cl. The van der Waals surface area contributed by atoms with Gasteiger partial charge in [-0.3, -0.25) is 4.90 Å². The van der Waals surface area contributed by atoms with Crippen LogP contribution in [0.1, 0.15) is 20.3 Å². The van der Waals surface area contributed by atoms with Gasteiger partial charge in [0.05, 0.1) is 0 Å². The number of hydrogen-bond donors (Lipinski definition) is 3. The van der Waals surface area contributed by atoms with Crippen LogP contribution < -0.4 is 5.73 Å². The van der Waals surface area contributed by atoms with Crippen LogP contribution >= 0.6 is 12.4 Å². The van der Waals surface area contributed by atoms with Crippen molar-refractivity contribution < 1.29 is 10.2 Å². The highest BCUT2D eigenvalue weighted by Gasteiger charge is 2.14. The Balaban J connectivity index is 0. The van der Waals surface area contributed by atoms with Gasteiger partial charge >= 0.3 is 0 Å². The molecule has 0 rings (SSSR count). The largest absolute Gasteiger partial charge is 0.379 e. The van der Waals surface area contributed by atoms with Crippen molar-refractivity contribution in [3.63, 3.8) is 0 Å². The second kappa shape index (κ2) is 7.76. The van der Waals surface area contributed by atoms with Crippen molar-refractivity contribution in [3.05, 3.63) is 0 Å². The molecular formula is C7H19ClN2O2. The first-order valence-corrected chi connectivity index (χ1v) is 3.91. The van der Waals surface area contributed by atoms with Crippen molar-refractivity contribution in [2.24, 2.45) is 5.73 Å². The second-order valence-electron chi connectivity index (χ2n) is 2.64. The Kier molecular flexibility index (Phi) is 9.47. The maximum atomic E-state index is 9.13. The molecule has 5 heteroatoms. The van der Waals surface area contributed by atoms with E-state index < -0.39 is 12.5 Å². The molecule has 2 unspecified atom stereocenters. The van der Waals surface area contributed by atoms with E-state index in [1.54, 1.807) is 18.7 Å². The van der Waals surface area contributed by atoms with E-state index in [0.29, 0.717) is 13.1 Å². The summed E-state index contributed by atoms with van der Waals surface area (Å²) >= 11 is 0. The average Bonchev–Trinajstić information content (AvgIpc) is 1.87. The minimum absolute atomic E-state index is 0. The maximum Gasteiger partial charge on any atom is 0.106 e. The van der Waals surface area contributed by atoms with Gasteiger partial charge in [0.1, 0.15) is 12.5 Å². The average molecular weight is 199 g/mol. The lowest BCUT2D eigenvalue weighted by Gasteiger charge is -2.27. The molecule has 0 aromatic carbocycles. The van der Waals surface area contributed by atoms with Crippen LogP contribution in [0, 0.1) is 0 Å². The summed E-state index contributed by atoms with van der Waals surface area (Å²) < 4.78 is 0. The molecule has 0 aliphatic carbocycles. The van der Waals surface area contributed by atoms with Gasteiger partial charge in [-0.1, -0.05) is 0 Å². The molecular weight excluding hydrogens is 180 g/mol. The topological polar surface area (TPSA) is 69.7 Å². The molecule has 2 atom stereocenters. The fourth-order valence-corrected chi connectivity index (χ4v) is 0.960. The summed E-state index contributed by atoms with van der Waals surface area (Å²) in [5.74, 6) is 0. The summed E-state index contributed by atoms with van der Waals surface area (Å²) in [6.07, 6.45) is -0.432. The molecule has 0 saturated heterocycles. The normalized spacial score (nSPS) is 15.5. The van der Waals surface area contributed by atoms with Crippen LogP contribution in [0.5, 0.6) is 0 Å². The summed E-state index contributed by atoms with van der Waals surface area (Å²) in [5, 5.41) is 18.3. The molecule has 0 bridgehead atoms. The van der Waals surface area contributed by atoms with Gasteiger partial charge in [-0.05, 0) is 26.8 Å². The standard InChI is InChI=1S/C7H18N2O2.ClH/c1-6(10)9(7(2)11)5-3-4-8;/h6-7,10-11H,3-5,8H2,1-2H3;1H. The van der Waals surface area contributed by atoms with E-state index in [2.05, 4.69) is 0 Å². The van der Waals surface area contributed by atoms with E-state index in [1.165, 1.54) is 0 Å². The third kappa shape index (κ3) is 5.74. The number of aliphatic hydroxyl groups is 2. The van der Waals surface area contributed by atoms with Gasteiger partial charge in [0.15, 0.2) is 0 Å². The molecule has 0 aromatic rings. The molecule has 12 heavy (non-hydrogen) atoms. The Morgan fingerprint density at radius 2 is 1.67 bits per heavy atom. The van der Waals surface area contributed by atoms with Gasteiger partial charge in [0, 0.05) is 6.54 Å². The predicted molar refractivity (Wildman–Crippen MR) is 51.0 cm³/mol. The lowest BCUT2D eigenvalue weighted by atomic mass is 10.3. The first kappa shape index (κ1) is 14.6. The van der Waals surface area contributed by atoms with Crippen LogP contribution in [0.15, 0.2) is 0 Å². The molecule has 0 aliphatic rings. The third-order valence-corrected chi connectivity index (χ3v) is 1.58. The lowest BCUT2D eigenvalue weighted by Crippen LogP contribution is -2.41. The zero-order valence-electron chi connectivity index (χ0n) is 7.60. The fraction of sp³-hybridized carbons (Fsp3) is 1.00. The minimum atomic E-state index is -0.610. The molecule has 0 radical (unpaired) electrons. The quantitative estimate of drug-likeness (QED) is 0.533. The molecule has 76 valence electrons. The maximum absolute atomic E-state index is 9.13. The summed E-state index contributed by atoms with van der Waals surface area (Å²) in [4.78, 5) is 1.58. The van der Waals surface area contributed by atoms with Gasteiger partial charge in [0.25, 0.3) is 0 Å². The minimum Gasteiger partial charge on any atom is -0.379 e. The first-order valence-electron chi connectivity index (χ1n) is 3.91. The van der Waals surface area contributed by atoms with Crippen molar-refractivity contribution in [1.29, 1.82) is 0 Å². The molecule has 4 nitrogen and oxygen atoms in total. The molecule has 4 N–H and O–H groups in total. The Morgan fingerprint density at radius 3 is 1.92 bits per heavy atom. The van der Waals surface area contributed by atoms with Crippen molar-refractivity contribution >= 4 is 12.4 Å². The van der Waals surface area contributed by atoms with Crippen LogP contribution in [0.2, 0.25) is 0 Å². The Morgan fingerprint density at radius 1 is 1.25 bits per heavy atom. The highest BCUT2D eigenvalue weighted by molar-refractivity contribution is 5.85. The summed E-state index contributed by atoms with van der Waals surface area (Å²) in [6.45, 7) is 4.47. The molecule has 0 fully saturated rings. The van der Waals surface area contributed by atoms with Gasteiger partial charge < -0.3 is 15.9 Å². The number of nitrogens with two attached hydrogens (primary N) is 1. The summed E-state index contributed by atoms with van der Waals surface area (Å²) in [6, 6.07) is 0. The van der Waals surface area contributed by atoms with Crippen molar-refractivity contribution in [3.8, 4) is 0 Å². The van der Waals surface area contributed by atoms with Crippen molar-refractivity contribution in [1.82, 2.24) is 4.90 Å². The predicted octanol–water partition coefficient (Wildman–Crippen LogP) is -0.264. The van der Waals surface area contributed by atoms with Crippen molar-refractivity contribution in [2.75, 3.05) is 13.1 Å². The number of nitrogens with zero attached hydrogens (tertiary/aromatic N) is 1. The van der Waals surface area contributed by atoms with E-state index >= 15 is 0 Å². The van der Waals surface area contributed by atoms with E-state index in [-0.39, 0.29) is 12.4 Å². The molecule has 0 aliphatic heterocycles. The molecule has 0 saturated carbocycles. The number of aliphatic hydroxyl groups excluding tert-OH is 2. The molecule has 0 amide bonds. The molecule has 0 heterocycles. The zero-order chi connectivity index (χ0) is 8.85. The highest BCUT2D eigenvalue weighted by Crippen LogP contribution is 2.01.